The topological polar surface area (TPSA) is 85.4 Å². The fourth-order valence-electron chi connectivity index (χ4n) is 1.28. The third kappa shape index (κ3) is 2.72. The SMILES string of the molecule is Nc1cccc(Oc2ccc(C(=O)O)nc2)c1. The van der Waals surface area contributed by atoms with E-state index in [4.69, 9.17) is 15.6 Å². The number of anilines is 1. The van der Waals surface area contributed by atoms with Gasteiger partial charge in [-0.05, 0) is 24.3 Å². The van der Waals surface area contributed by atoms with Gasteiger partial charge in [-0.3, -0.25) is 0 Å². The maximum atomic E-state index is 10.6. The molecule has 0 unspecified atom stereocenters. The summed E-state index contributed by atoms with van der Waals surface area (Å²) in [5.41, 5.74) is 6.17. The van der Waals surface area contributed by atoms with Gasteiger partial charge in [0.25, 0.3) is 0 Å². The van der Waals surface area contributed by atoms with Gasteiger partial charge in [0.2, 0.25) is 0 Å². The van der Waals surface area contributed by atoms with Crippen LogP contribution in [0.4, 0.5) is 5.69 Å². The molecular weight excluding hydrogens is 220 g/mol. The van der Waals surface area contributed by atoms with Crippen molar-refractivity contribution < 1.29 is 14.6 Å². The molecule has 0 fully saturated rings. The Kier molecular flexibility index (Phi) is 2.91. The van der Waals surface area contributed by atoms with Crippen LogP contribution in [-0.2, 0) is 0 Å². The second kappa shape index (κ2) is 4.52. The van der Waals surface area contributed by atoms with Crippen LogP contribution in [0.1, 0.15) is 10.5 Å². The van der Waals surface area contributed by atoms with Crippen LogP contribution in [0.3, 0.4) is 0 Å². The molecule has 0 atom stereocenters. The van der Waals surface area contributed by atoms with Crippen LogP contribution in [0, 0.1) is 0 Å². The van der Waals surface area contributed by atoms with Crippen LogP contribution in [0.2, 0.25) is 0 Å². The van der Waals surface area contributed by atoms with E-state index in [9.17, 15) is 4.79 Å². The largest absolute Gasteiger partial charge is 0.477 e. The molecule has 0 aliphatic carbocycles. The number of aromatic carboxylic acids is 1. The van der Waals surface area contributed by atoms with E-state index in [2.05, 4.69) is 4.98 Å². The fourth-order valence-corrected chi connectivity index (χ4v) is 1.28. The fraction of sp³-hybridized carbons (Fsp3) is 0. The number of nitrogens with two attached hydrogens (primary N) is 1. The number of hydrogen-bond donors (Lipinski definition) is 2. The average molecular weight is 230 g/mol. The number of ether oxygens (including phenoxy) is 1. The van der Waals surface area contributed by atoms with Crippen molar-refractivity contribution in [2.45, 2.75) is 0 Å². The van der Waals surface area contributed by atoms with Gasteiger partial charge < -0.3 is 15.6 Å². The van der Waals surface area contributed by atoms with Crippen molar-refractivity contribution in [2.75, 3.05) is 5.73 Å². The third-order valence-electron chi connectivity index (χ3n) is 2.05. The van der Waals surface area contributed by atoms with E-state index in [0.717, 1.165) is 0 Å². The van der Waals surface area contributed by atoms with Gasteiger partial charge in [-0.2, -0.15) is 0 Å². The van der Waals surface area contributed by atoms with E-state index >= 15 is 0 Å². The molecule has 0 saturated carbocycles. The molecule has 0 amide bonds. The van der Waals surface area contributed by atoms with E-state index in [-0.39, 0.29) is 5.69 Å². The quantitative estimate of drug-likeness (QED) is 0.789. The van der Waals surface area contributed by atoms with Crippen LogP contribution < -0.4 is 10.5 Å². The Morgan fingerprint density at radius 3 is 2.65 bits per heavy atom. The molecule has 17 heavy (non-hydrogen) atoms. The minimum atomic E-state index is -1.07. The Bertz CT molecular complexity index is 538. The van der Waals surface area contributed by atoms with E-state index < -0.39 is 5.97 Å². The molecule has 1 aromatic heterocycles. The predicted molar refractivity (Wildman–Crippen MR) is 62.1 cm³/mol. The maximum absolute atomic E-state index is 10.6. The second-order valence-corrected chi connectivity index (χ2v) is 3.36. The molecule has 0 aliphatic heterocycles. The zero-order valence-electron chi connectivity index (χ0n) is 8.83. The maximum Gasteiger partial charge on any atom is 0.354 e. The summed E-state index contributed by atoms with van der Waals surface area (Å²) in [7, 11) is 0. The Balaban J connectivity index is 2.16. The molecule has 5 heteroatoms. The third-order valence-corrected chi connectivity index (χ3v) is 2.05. The normalized spacial score (nSPS) is 9.88. The van der Waals surface area contributed by atoms with Crippen LogP contribution in [-0.4, -0.2) is 16.1 Å². The summed E-state index contributed by atoms with van der Waals surface area (Å²) in [5.74, 6) is -0.0315. The first-order valence-corrected chi connectivity index (χ1v) is 4.88. The van der Waals surface area contributed by atoms with E-state index in [1.54, 1.807) is 30.3 Å². The molecule has 0 saturated heterocycles. The van der Waals surface area contributed by atoms with Gasteiger partial charge >= 0.3 is 5.97 Å². The standard InChI is InChI=1S/C12H10N2O3/c13-8-2-1-3-9(6-8)17-10-4-5-11(12(15)16)14-7-10/h1-7H,13H2,(H,15,16). The van der Waals surface area contributed by atoms with Gasteiger partial charge in [0.05, 0.1) is 6.20 Å². The van der Waals surface area contributed by atoms with Gasteiger partial charge in [-0.15, -0.1) is 0 Å². The highest BCUT2D eigenvalue weighted by atomic mass is 16.5. The van der Waals surface area contributed by atoms with Crippen LogP contribution in [0.15, 0.2) is 42.6 Å². The summed E-state index contributed by atoms with van der Waals surface area (Å²) in [4.78, 5) is 14.3. The van der Waals surface area contributed by atoms with E-state index in [1.807, 2.05) is 0 Å². The van der Waals surface area contributed by atoms with Gasteiger partial charge in [-0.25, -0.2) is 9.78 Å². The molecule has 3 N–H and O–H groups in total. The lowest BCUT2D eigenvalue weighted by Gasteiger charge is -2.05. The molecule has 2 rings (SSSR count). The molecule has 1 aromatic carbocycles. The number of hydrogen-bond acceptors (Lipinski definition) is 4. The highest BCUT2D eigenvalue weighted by Crippen LogP contribution is 2.22. The highest BCUT2D eigenvalue weighted by Gasteiger charge is 2.04. The summed E-state index contributed by atoms with van der Waals surface area (Å²) in [5, 5.41) is 8.68. The first kappa shape index (κ1) is 10.9. The number of nitrogens with zero attached hydrogens (tertiary/aromatic N) is 1. The minimum absolute atomic E-state index is 0.0232. The number of carboxylic acids is 1. The number of carbonyl (C=O) groups is 1. The van der Waals surface area contributed by atoms with E-state index in [1.165, 1.54) is 12.3 Å². The molecule has 0 bridgehead atoms. The highest BCUT2D eigenvalue weighted by molar-refractivity contribution is 5.85. The lowest BCUT2D eigenvalue weighted by molar-refractivity contribution is 0.0690. The number of aromatic nitrogens is 1. The Labute approximate surface area is 97.5 Å². The smallest absolute Gasteiger partial charge is 0.354 e. The van der Waals surface area contributed by atoms with Crippen molar-refractivity contribution in [1.29, 1.82) is 0 Å². The zero-order chi connectivity index (χ0) is 12.3. The molecule has 0 aliphatic rings. The summed E-state index contributed by atoms with van der Waals surface area (Å²) in [6, 6.07) is 9.86. The predicted octanol–water partition coefficient (Wildman–Crippen LogP) is 2.15. The number of benzene rings is 1. The molecule has 2 aromatic rings. The average Bonchev–Trinajstić information content (AvgIpc) is 2.29. The molecule has 1 heterocycles. The van der Waals surface area contributed by atoms with Crippen LogP contribution in [0.5, 0.6) is 11.5 Å². The lowest BCUT2D eigenvalue weighted by atomic mass is 10.3. The summed E-state index contributed by atoms with van der Waals surface area (Å²) in [6.07, 6.45) is 1.35. The first-order valence-electron chi connectivity index (χ1n) is 4.88. The molecule has 0 spiro atoms. The number of pyridine rings is 1. The lowest BCUT2D eigenvalue weighted by Crippen LogP contribution is -1.99. The van der Waals surface area contributed by atoms with Gasteiger partial charge in [0, 0.05) is 11.8 Å². The molecular formula is C12H10N2O3. The minimum Gasteiger partial charge on any atom is -0.477 e. The monoisotopic (exact) mass is 230 g/mol. The Morgan fingerprint density at radius 1 is 1.24 bits per heavy atom. The Hall–Kier alpha value is -2.56. The van der Waals surface area contributed by atoms with Crippen molar-refractivity contribution in [3.05, 3.63) is 48.3 Å². The number of rotatable bonds is 3. The summed E-state index contributed by atoms with van der Waals surface area (Å²) in [6.45, 7) is 0. The van der Waals surface area contributed by atoms with Crippen molar-refractivity contribution in [3.63, 3.8) is 0 Å². The van der Waals surface area contributed by atoms with Crippen molar-refractivity contribution >= 4 is 11.7 Å². The van der Waals surface area contributed by atoms with Crippen molar-refractivity contribution in [2.24, 2.45) is 0 Å². The Morgan fingerprint density at radius 2 is 2.06 bits per heavy atom. The van der Waals surface area contributed by atoms with Gasteiger partial charge in [0.1, 0.15) is 17.2 Å². The van der Waals surface area contributed by atoms with Gasteiger partial charge in [0.15, 0.2) is 0 Å². The molecule has 86 valence electrons. The summed E-state index contributed by atoms with van der Waals surface area (Å²) < 4.78 is 5.46. The van der Waals surface area contributed by atoms with Crippen molar-refractivity contribution in [1.82, 2.24) is 4.98 Å². The second-order valence-electron chi connectivity index (χ2n) is 3.36. The van der Waals surface area contributed by atoms with Crippen LogP contribution >= 0.6 is 0 Å². The van der Waals surface area contributed by atoms with E-state index in [0.29, 0.717) is 17.2 Å². The molecule has 0 radical (unpaired) electrons. The van der Waals surface area contributed by atoms with Crippen molar-refractivity contribution in [3.8, 4) is 11.5 Å². The number of nitrogen functional groups attached to an aromatic ring is 1. The summed E-state index contributed by atoms with van der Waals surface area (Å²) >= 11 is 0. The van der Waals surface area contributed by atoms with Crippen LogP contribution in [0.25, 0.3) is 0 Å². The molecule has 5 nitrogen and oxygen atoms in total. The number of carboxylic acid groups (broad SMARTS) is 1. The first-order chi connectivity index (χ1) is 8.15. The van der Waals surface area contributed by atoms with Gasteiger partial charge in [-0.1, -0.05) is 6.07 Å². The zero-order valence-corrected chi connectivity index (χ0v) is 8.83.